The first-order valence-electron chi connectivity index (χ1n) is 6.50. The Kier molecular flexibility index (Phi) is 4.68. The van der Waals surface area contributed by atoms with Crippen molar-refractivity contribution in [2.24, 2.45) is 0 Å². The molecular weight excluding hydrogens is 214 g/mol. The quantitative estimate of drug-likeness (QED) is 0.771. The summed E-state index contributed by atoms with van der Waals surface area (Å²) in [6, 6.07) is 7.62. The van der Waals surface area contributed by atoms with Gasteiger partial charge < -0.3 is 15.2 Å². The van der Waals surface area contributed by atoms with Crippen LogP contribution in [0.4, 0.5) is 0 Å². The fraction of sp³-hybridized carbons (Fsp3) is 0.571. The number of benzene rings is 1. The average molecular weight is 235 g/mol. The van der Waals surface area contributed by atoms with Crippen LogP contribution in [0.15, 0.2) is 24.3 Å². The van der Waals surface area contributed by atoms with Crippen LogP contribution in [0.5, 0.6) is 11.5 Å². The number of hydrogen-bond acceptors (Lipinski definition) is 3. The first-order chi connectivity index (χ1) is 8.34. The second kappa shape index (κ2) is 6.50. The van der Waals surface area contributed by atoms with E-state index in [0.29, 0.717) is 12.6 Å². The van der Waals surface area contributed by atoms with Gasteiger partial charge in [-0.25, -0.2) is 0 Å². The molecule has 1 aromatic rings. The van der Waals surface area contributed by atoms with Gasteiger partial charge in [0.05, 0.1) is 0 Å². The van der Waals surface area contributed by atoms with Crippen LogP contribution >= 0.6 is 0 Å². The molecule has 0 radical (unpaired) electrons. The molecule has 0 spiro atoms. The van der Waals surface area contributed by atoms with Crippen LogP contribution in [0.3, 0.4) is 0 Å². The van der Waals surface area contributed by atoms with Gasteiger partial charge in [-0.2, -0.15) is 0 Å². The zero-order chi connectivity index (χ0) is 11.9. The Balaban J connectivity index is 1.62. The highest BCUT2D eigenvalue weighted by atomic mass is 16.5. The van der Waals surface area contributed by atoms with Gasteiger partial charge in [-0.1, -0.05) is 25.3 Å². The van der Waals surface area contributed by atoms with Crippen molar-refractivity contribution in [1.29, 1.82) is 0 Å². The summed E-state index contributed by atoms with van der Waals surface area (Å²) in [6.45, 7) is 1.53. The van der Waals surface area contributed by atoms with E-state index in [1.165, 1.54) is 32.1 Å². The summed E-state index contributed by atoms with van der Waals surface area (Å²) in [7, 11) is 0. The van der Waals surface area contributed by atoms with E-state index in [1.54, 1.807) is 18.2 Å². The van der Waals surface area contributed by atoms with Crippen molar-refractivity contribution < 1.29 is 9.84 Å². The molecule has 0 aliphatic heterocycles. The number of hydrogen-bond donors (Lipinski definition) is 2. The maximum absolute atomic E-state index is 9.28. The van der Waals surface area contributed by atoms with Crippen molar-refractivity contribution in [2.75, 3.05) is 13.2 Å². The number of phenols is 1. The Labute approximate surface area is 103 Å². The lowest BCUT2D eigenvalue weighted by Gasteiger charge is -2.22. The molecule has 2 rings (SSSR count). The van der Waals surface area contributed by atoms with Gasteiger partial charge in [-0.15, -0.1) is 0 Å². The van der Waals surface area contributed by atoms with Gasteiger partial charge in [0.1, 0.15) is 18.1 Å². The van der Waals surface area contributed by atoms with Gasteiger partial charge in [-0.3, -0.25) is 0 Å². The van der Waals surface area contributed by atoms with Crippen LogP contribution in [-0.4, -0.2) is 24.3 Å². The highest BCUT2D eigenvalue weighted by molar-refractivity contribution is 5.31. The highest BCUT2D eigenvalue weighted by Gasteiger charge is 2.11. The summed E-state index contributed by atoms with van der Waals surface area (Å²) in [6.07, 6.45) is 6.69. The SMILES string of the molecule is Oc1cccc(OCCNC2CCCCC2)c1. The summed E-state index contributed by atoms with van der Waals surface area (Å²) >= 11 is 0. The van der Waals surface area contributed by atoms with E-state index in [-0.39, 0.29) is 5.75 Å². The molecule has 1 fully saturated rings. The molecule has 3 nitrogen and oxygen atoms in total. The van der Waals surface area contributed by atoms with Gasteiger partial charge in [0.25, 0.3) is 0 Å². The minimum absolute atomic E-state index is 0.253. The molecule has 1 aromatic carbocycles. The summed E-state index contributed by atoms with van der Waals surface area (Å²) in [5.74, 6) is 0.984. The minimum Gasteiger partial charge on any atom is -0.508 e. The van der Waals surface area contributed by atoms with Crippen molar-refractivity contribution in [1.82, 2.24) is 5.32 Å². The van der Waals surface area contributed by atoms with Gasteiger partial charge >= 0.3 is 0 Å². The monoisotopic (exact) mass is 235 g/mol. The predicted octanol–water partition coefficient (Wildman–Crippen LogP) is 2.69. The van der Waals surface area contributed by atoms with Crippen molar-refractivity contribution in [3.63, 3.8) is 0 Å². The molecule has 0 bridgehead atoms. The normalized spacial score (nSPS) is 16.9. The molecule has 1 aliphatic carbocycles. The smallest absolute Gasteiger partial charge is 0.123 e. The largest absolute Gasteiger partial charge is 0.508 e. The van der Waals surface area contributed by atoms with Crippen molar-refractivity contribution in [3.05, 3.63) is 24.3 Å². The molecule has 1 saturated carbocycles. The summed E-state index contributed by atoms with van der Waals surface area (Å²) < 4.78 is 5.56. The fourth-order valence-corrected chi connectivity index (χ4v) is 2.31. The summed E-state index contributed by atoms with van der Waals surface area (Å²) in [5, 5.41) is 12.8. The van der Waals surface area contributed by atoms with Crippen LogP contribution in [0.2, 0.25) is 0 Å². The highest BCUT2D eigenvalue weighted by Crippen LogP contribution is 2.18. The molecule has 1 aliphatic rings. The van der Waals surface area contributed by atoms with Crippen LogP contribution in [-0.2, 0) is 0 Å². The van der Waals surface area contributed by atoms with E-state index in [1.807, 2.05) is 6.07 Å². The number of nitrogens with one attached hydrogen (secondary N) is 1. The summed E-state index contributed by atoms with van der Waals surface area (Å²) in [5.41, 5.74) is 0. The first-order valence-corrected chi connectivity index (χ1v) is 6.50. The van der Waals surface area contributed by atoms with E-state index in [2.05, 4.69) is 5.32 Å². The first kappa shape index (κ1) is 12.2. The van der Waals surface area contributed by atoms with E-state index in [9.17, 15) is 5.11 Å². The lowest BCUT2D eigenvalue weighted by Crippen LogP contribution is -2.34. The van der Waals surface area contributed by atoms with E-state index in [4.69, 9.17) is 4.74 Å². The Hall–Kier alpha value is -1.22. The molecule has 0 unspecified atom stereocenters. The maximum Gasteiger partial charge on any atom is 0.123 e. The summed E-state index contributed by atoms with van der Waals surface area (Å²) in [4.78, 5) is 0. The Morgan fingerprint density at radius 3 is 2.82 bits per heavy atom. The average Bonchev–Trinajstić information content (AvgIpc) is 2.36. The Bertz CT molecular complexity index is 335. The van der Waals surface area contributed by atoms with Gasteiger partial charge in [0, 0.05) is 18.7 Å². The third kappa shape index (κ3) is 4.27. The van der Waals surface area contributed by atoms with Crippen LogP contribution in [0.1, 0.15) is 32.1 Å². The van der Waals surface area contributed by atoms with E-state index >= 15 is 0 Å². The van der Waals surface area contributed by atoms with Crippen molar-refractivity contribution >= 4 is 0 Å². The molecule has 0 aromatic heterocycles. The Morgan fingerprint density at radius 2 is 2.06 bits per heavy atom. The number of aromatic hydroxyl groups is 1. The Morgan fingerprint density at radius 1 is 1.24 bits per heavy atom. The molecule has 0 saturated heterocycles. The van der Waals surface area contributed by atoms with Gasteiger partial charge in [-0.05, 0) is 25.0 Å². The van der Waals surface area contributed by atoms with Gasteiger partial charge in [0.15, 0.2) is 0 Å². The second-order valence-corrected chi connectivity index (χ2v) is 4.63. The van der Waals surface area contributed by atoms with E-state index < -0.39 is 0 Å². The molecule has 0 atom stereocenters. The van der Waals surface area contributed by atoms with Crippen molar-refractivity contribution in [2.45, 2.75) is 38.1 Å². The van der Waals surface area contributed by atoms with E-state index in [0.717, 1.165) is 12.3 Å². The molecule has 0 amide bonds. The second-order valence-electron chi connectivity index (χ2n) is 4.63. The van der Waals surface area contributed by atoms with Gasteiger partial charge in [0.2, 0.25) is 0 Å². The topological polar surface area (TPSA) is 41.5 Å². The van der Waals surface area contributed by atoms with Crippen LogP contribution in [0, 0.1) is 0 Å². The molecule has 3 heteroatoms. The maximum atomic E-state index is 9.28. The number of rotatable bonds is 5. The third-order valence-corrected chi connectivity index (χ3v) is 3.23. The third-order valence-electron chi connectivity index (χ3n) is 3.23. The predicted molar refractivity (Wildman–Crippen MR) is 68.5 cm³/mol. The number of ether oxygens (including phenoxy) is 1. The minimum atomic E-state index is 0.253. The molecule has 2 N–H and O–H groups in total. The molecule has 0 heterocycles. The number of phenolic OH excluding ortho intramolecular Hbond substituents is 1. The van der Waals surface area contributed by atoms with Crippen LogP contribution < -0.4 is 10.1 Å². The van der Waals surface area contributed by atoms with Crippen LogP contribution in [0.25, 0.3) is 0 Å². The lowest BCUT2D eigenvalue weighted by molar-refractivity contribution is 0.288. The zero-order valence-electron chi connectivity index (χ0n) is 10.2. The van der Waals surface area contributed by atoms with Crippen molar-refractivity contribution in [3.8, 4) is 11.5 Å². The molecule has 94 valence electrons. The zero-order valence-corrected chi connectivity index (χ0v) is 10.2. The fourth-order valence-electron chi connectivity index (χ4n) is 2.31. The molecule has 17 heavy (non-hydrogen) atoms. The standard InChI is InChI=1S/C14H21NO2/c16-13-7-4-8-14(11-13)17-10-9-15-12-5-2-1-3-6-12/h4,7-8,11-12,15-16H,1-3,5-6,9-10H2. The lowest BCUT2D eigenvalue weighted by atomic mass is 9.96. The molecular formula is C14H21NO2.